The first-order valence-electron chi connectivity index (χ1n) is 14.0. The fourth-order valence-electron chi connectivity index (χ4n) is 4.20. The van der Waals surface area contributed by atoms with E-state index in [1.54, 1.807) is 0 Å². The number of hydrazine groups is 1. The van der Waals surface area contributed by atoms with Gasteiger partial charge in [0.2, 0.25) is 0 Å². The molecule has 0 unspecified atom stereocenters. The Labute approximate surface area is 234 Å². The van der Waals surface area contributed by atoms with Gasteiger partial charge >= 0.3 is 0 Å². The molecule has 0 saturated heterocycles. The molecule has 0 radical (unpaired) electrons. The third-order valence-corrected chi connectivity index (χ3v) is 6.87. The summed E-state index contributed by atoms with van der Waals surface area (Å²) in [6, 6.07) is 12.5. The number of hydrogen-bond acceptors (Lipinski definition) is 4. The molecule has 2 N–H and O–H groups in total. The highest BCUT2D eigenvalue weighted by atomic mass is 15.4. The molecule has 2 aliphatic rings. The largest absolute Gasteiger partial charge is 0.320 e. The Bertz CT molecular complexity index is 934. The van der Waals surface area contributed by atoms with E-state index in [2.05, 4.69) is 98.7 Å². The molecule has 4 nitrogen and oxygen atoms in total. The van der Waals surface area contributed by atoms with E-state index in [1.165, 1.54) is 56.1 Å². The lowest BCUT2D eigenvalue weighted by Gasteiger charge is -2.24. The highest BCUT2D eigenvalue weighted by Gasteiger charge is 2.20. The average Bonchev–Trinajstić information content (AvgIpc) is 3.79. The average molecular weight is 515 g/mol. The maximum Gasteiger partial charge on any atom is 0.0671 e. The van der Waals surface area contributed by atoms with E-state index < -0.39 is 0 Å². The van der Waals surface area contributed by atoms with Gasteiger partial charge in [-0.05, 0) is 74.1 Å². The Morgan fingerprint density at radius 3 is 2.11 bits per heavy atom. The molecule has 1 aromatic carbocycles. The van der Waals surface area contributed by atoms with Gasteiger partial charge in [0.15, 0.2) is 0 Å². The van der Waals surface area contributed by atoms with E-state index >= 15 is 0 Å². The van der Waals surface area contributed by atoms with E-state index in [1.807, 2.05) is 20.0 Å². The van der Waals surface area contributed by atoms with Crippen molar-refractivity contribution < 1.29 is 0 Å². The van der Waals surface area contributed by atoms with Gasteiger partial charge in [-0.25, -0.2) is 5.43 Å². The van der Waals surface area contributed by atoms with Gasteiger partial charge in [0.1, 0.15) is 0 Å². The van der Waals surface area contributed by atoms with Crippen LogP contribution in [0.3, 0.4) is 0 Å². The van der Waals surface area contributed by atoms with Gasteiger partial charge < -0.3 is 5.43 Å². The molecular weight excluding hydrogens is 464 g/mol. The van der Waals surface area contributed by atoms with Crippen LogP contribution in [-0.4, -0.2) is 11.5 Å². The number of aromatic nitrogens is 1. The van der Waals surface area contributed by atoms with E-state index in [0.717, 1.165) is 47.7 Å². The first kappa shape index (κ1) is 34.7. The fraction of sp³-hybridized carbons (Fsp3) is 0.529. The Hall–Kier alpha value is -3.26. The minimum absolute atomic E-state index is 0.521. The van der Waals surface area contributed by atoms with Crippen molar-refractivity contribution in [1.82, 2.24) is 10.4 Å². The van der Waals surface area contributed by atoms with Crippen molar-refractivity contribution in [2.75, 3.05) is 12.0 Å². The lowest BCUT2D eigenvalue weighted by molar-refractivity contribution is 0.279. The Morgan fingerprint density at radius 2 is 1.63 bits per heavy atom. The van der Waals surface area contributed by atoms with Crippen molar-refractivity contribution in [2.24, 2.45) is 17.8 Å². The van der Waals surface area contributed by atoms with Crippen LogP contribution >= 0.6 is 0 Å². The van der Waals surface area contributed by atoms with Crippen molar-refractivity contribution in [2.45, 2.75) is 92.4 Å². The minimum atomic E-state index is 0.521. The number of anilines is 1. The molecule has 1 aromatic heterocycles. The molecule has 0 atom stereocenters. The second-order valence-corrected chi connectivity index (χ2v) is 10.2. The first-order valence-corrected chi connectivity index (χ1v) is 14.0. The molecule has 38 heavy (non-hydrogen) atoms. The highest BCUT2D eigenvalue weighted by Crippen LogP contribution is 2.29. The van der Waals surface area contributed by atoms with Crippen LogP contribution < -0.4 is 10.9 Å². The number of hydrogen-bond donors (Lipinski definition) is 2. The monoisotopic (exact) mass is 514 g/mol. The number of pyridine rings is 1. The van der Waals surface area contributed by atoms with E-state index in [9.17, 15) is 0 Å². The second kappa shape index (κ2) is 21.8. The third-order valence-electron chi connectivity index (χ3n) is 6.87. The van der Waals surface area contributed by atoms with Gasteiger partial charge in [0.25, 0.3) is 0 Å². The summed E-state index contributed by atoms with van der Waals surface area (Å²) < 4.78 is 0. The van der Waals surface area contributed by atoms with Crippen molar-refractivity contribution >= 4 is 5.69 Å². The zero-order valence-corrected chi connectivity index (χ0v) is 24.5. The summed E-state index contributed by atoms with van der Waals surface area (Å²) in [6.07, 6.45) is 29.6. The molecule has 2 saturated carbocycles. The molecular formula is C34H50N4. The summed E-state index contributed by atoms with van der Waals surface area (Å²) in [4.78, 5) is 4.31. The molecule has 1 heterocycles. The van der Waals surface area contributed by atoms with Crippen molar-refractivity contribution in [1.29, 1.82) is 5.26 Å². The number of benzene rings is 1. The minimum Gasteiger partial charge on any atom is -0.320 e. The van der Waals surface area contributed by atoms with Crippen molar-refractivity contribution in [3.05, 3.63) is 58.9 Å². The topological polar surface area (TPSA) is 60.7 Å². The predicted molar refractivity (Wildman–Crippen MR) is 164 cm³/mol. The zero-order valence-electron chi connectivity index (χ0n) is 24.5. The van der Waals surface area contributed by atoms with Crippen molar-refractivity contribution in [3.8, 4) is 31.8 Å². The van der Waals surface area contributed by atoms with E-state index in [-0.39, 0.29) is 0 Å². The lowest BCUT2D eigenvalue weighted by atomic mass is 9.82. The molecule has 0 amide bonds. The number of nitrogens with zero attached hydrogens (tertiary/aromatic N) is 2. The Kier molecular flexibility index (Phi) is 19.9. The van der Waals surface area contributed by atoms with Gasteiger partial charge in [-0.3, -0.25) is 4.98 Å². The molecule has 206 valence electrons. The van der Waals surface area contributed by atoms with Crippen LogP contribution in [0.4, 0.5) is 5.69 Å². The number of rotatable bonds is 7. The standard InChI is InChI=1S/C11H17N3.C10H11N.C9H18.2C2H2/c1-2-10-5-6-11(8-12-10)14-13-7-9-3-4-9;1-8-3-4-9(2)10(7-8)5-6-11;1-8(2)9-6-4-3-5-7-9;2*1-2/h5-6,8-9,13-14H,2-4,7H2,1H3;3-4,7H,5H2,1-2H3;8-9H,3-7H2,1-2H3;2*1-2H. The SMILES string of the molecule is C#C.C#C.CC(C)C1CCCCC1.CCc1ccc(NNCC2CC2)cn1.Cc1ccc(C)c(CC#N)c1. The van der Waals surface area contributed by atoms with Gasteiger partial charge in [-0.2, -0.15) is 5.26 Å². The summed E-state index contributed by atoms with van der Waals surface area (Å²) in [5, 5.41) is 8.49. The molecule has 2 aliphatic carbocycles. The van der Waals surface area contributed by atoms with Crippen LogP contribution in [0.2, 0.25) is 0 Å². The van der Waals surface area contributed by atoms with Crippen LogP contribution in [0, 0.1) is 68.6 Å². The third kappa shape index (κ3) is 15.8. The Balaban J connectivity index is 0.000000517. The number of terminal acetylenes is 2. The van der Waals surface area contributed by atoms with Crippen LogP contribution in [0.5, 0.6) is 0 Å². The number of nitriles is 1. The molecule has 2 aromatic rings. The van der Waals surface area contributed by atoms with Gasteiger partial charge in [0, 0.05) is 12.2 Å². The normalized spacial score (nSPS) is 13.9. The van der Waals surface area contributed by atoms with Crippen molar-refractivity contribution in [3.63, 3.8) is 0 Å². The molecule has 4 heteroatoms. The summed E-state index contributed by atoms with van der Waals surface area (Å²) in [5.74, 6) is 2.88. The molecule has 0 bridgehead atoms. The zero-order chi connectivity index (χ0) is 28.8. The van der Waals surface area contributed by atoms with Gasteiger partial charge in [-0.1, -0.05) is 76.6 Å². The molecule has 4 rings (SSSR count). The van der Waals surface area contributed by atoms with Crippen LogP contribution in [0.15, 0.2) is 36.5 Å². The summed E-state index contributed by atoms with van der Waals surface area (Å²) >= 11 is 0. The summed E-state index contributed by atoms with van der Waals surface area (Å²) in [6.45, 7) is 12.0. The quantitative estimate of drug-likeness (QED) is 0.290. The lowest BCUT2D eigenvalue weighted by Crippen LogP contribution is -2.23. The van der Waals surface area contributed by atoms with E-state index in [4.69, 9.17) is 5.26 Å². The molecule has 0 spiro atoms. The van der Waals surface area contributed by atoms with Crippen LogP contribution in [0.1, 0.15) is 88.1 Å². The summed E-state index contributed by atoms with van der Waals surface area (Å²) in [7, 11) is 0. The van der Waals surface area contributed by atoms with Gasteiger partial charge in [0.05, 0.1) is 24.4 Å². The maximum atomic E-state index is 8.49. The van der Waals surface area contributed by atoms with Crippen LogP contribution in [0.25, 0.3) is 0 Å². The molecule has 0 aliphatic heterocycles. The van der Waals surface area contributed by atoms with E-state index in [0.29, 0.717) is 6.42 Å². The highest BCUT2D eigenvalue weighted by molar-refractivity contribution is 5.39. The number of aryl methyl sites for hydroxylation is 3. The Morgan fingerprint density at radius 1 is 0.974 bits per heavy atom. The maximum absolute atomic E-state index is 8.49. The molecule has 2 fully saturated rings. The fourth-order valence-corrected chi connectivity index (χ4v) is 4.20. The predicted octanol–water partition coefficient (Wildman–Crippen LogP) is 8.06. The van der Waals surface area contributed by atoms with Crippen LogP contribution in [-0.2, 0) is 12.8 Å². The second-order valence-electron chi connectivity index (χ2n) is 10.2. The number of nitrogens with one attached hydrogen (secondary N) is 2. The summed E-state index contributed by atoms with van der Waals surface area (Å²) in [5.41, 5.74) is 12.1. The smallest absolute Gasteiger partial charge is 0.0671 e. The van der Waals surface area contributed by atoms with Gasteiger partial charge in [-0.15, -0.1) is 25.7 Å². The first-order chi connectivity index (χ1) is 18.4.